The minimum Gasteiger partial charge on any atom is -0.352 e. The number of nitrogens with two attached hydrogens (primary N) is 2. The van der Waals surface area contributed by atoms with Crippen molar-refractivity contribution in [2.45, 2.75) is 0 Å². The van der Waals surface area contributed by atoms with Crippen LogP contribution in [-0.2, 0) is 0 Å². The Kier molecular flexibility index (Phi) is 5.15. The zero-order valence-corrected chi connectivity index (χ0v) is 10.1. The first kappa shape index (κ1) is 14.0. The molecule has 1 heterocycles. The molecule has 18 heavy (non-hydrogen) atoms. The highest BCUT2D eigenvalue weighted by molar-refractivity contribution is 6.33. The van der Waals surface area contributed by atoms with Crippen LogP contribution in [0.5, 0.6) is 0 Å². The number of primary amides is 1. The van der Waals surface area contributed by atoms with E-state index in [1.807, 2.05) is 0 Å². The first-order valence-electron chi connectivity index (χ1n) is 4.99. The first-order valence-corrected chi connectivity index (χ1v) is 5.37. The van der Waals surface area contributed by atoms with E-state index in [0.29, 0.717) is 5.82 Å². The predicted molar refractivity (Wildman–Crippen MR) is 67.0 cm³/mol. The molecule has 0 saturated carbocycles. The van der Waals surface area contributed by atoms with Gasteiger partial charge in [-0.25, -0.2) is 15.6 Å². The van der Waals surface area contributed by atoms with Crippen LogP contribution in [0.25, 0.3) is 0 Å². The Morgan fingerprint density at radius 1 is 1.28 bits per heavy atom. The van der Waals surface area contributed by atoms with Crippen molar-refractivity contribution in [3.63, 3.8) is 0 Å². The third-order valence-electron chi connectivity index (χ3n) is 1.92. The van der Waals surface area contributed by atoms with Crippen LogP contribution in [0.3, 0.4) is 0 Å². The van der Waals surface area contributed by atoms with E-state index in [1.165, 1.54) is 12.1 Å². The molecule has 9 heteroatoms. The van der Waals surface area contributed by atoms with Crippen LogP contribution < -0.4 is 27.6 Å². The van der Waals surface area contributed by atoms with E-state index in [2.05, 4.69) is 21.0 Å². The molecule has 7 N–H and O–H groups in total. The van der Waals surface area contributed by atoms with E-state index in [-0.39, 0.29) is 23.8 Å². The second-order valence-electron chi connectivity index (χ2n) is 3.22. The molecule has 0 fully saturated rings. The number of nitrogens with one attached hydrogen (secondary N) is 3. The summed E-state index contributed by atoms with van der Waals surface area (Å²) in [4.78, 5) is 26.0. The summed E-state index contributed by atoms with van der Waals surface area (Å²) in [6.45, 7) is 0.424. The van der Waals surface area contributed by atoms with Crippen LogP contribution in [0.15, 0.2) is 12.1 Å². The van der Waals surface area contributed by atoms with E-state index >= 15 is 0 Å². The van der Waals surface area contributed by atoms with Crippen LogP contribution in [0, 0.1) is 0 Å². The van der Waals surface area contributed by atoms with Crippen molar-refractivity contribution in [1.29, 1.82) is 0 Å². The van der Waals surface area contributed by atoms with E-state index in [4.69, 9.17) is 23.2 Å². The fourth-order valence-electron chi connectivity index (χ4n) is 1.13. The van der Waals surface area contributed by atoms with Crippen molar-refractivity contribution in [1.82, 2.24) is 15.6 Å². The van der Waals surface area contributed by atoms with Gasteiger partial charge in [-0.3, -0.25) is 4.79 Å². The summed E-state index contributed by atoms with van der Waals surface area (Å²) >= 11 is 5.83. The van der Waals surface area contributed by atoms with Crippen molar-refractivity contribution in [3.05, 3.63) is 22.8 Å². The number of nitrogens with zero attached hydrogens (tertiary/aromatic N) is 1. The Morgan fingerprint density at radius 2 is 1.94 bits per heavy atom. The van der Waals surface area contributed by atoms with Gasteiger partial charge in [-0.2, -0.15) is 0 Å². The molecule has 0 atom stereocenters. The lowest BCUT2D eigenvalue weighted by atomic mass is 10.3. The lowest BCUT2D eigenvalue weighted by molar-refractivity contribution is 0.0949. The van der Waals surface area contributed by atoms with Crippen LogP contribution in [0.2, 0.25) is 5.02 Å². The monoisotopic (exact) mass is 272 g/mol. The minimum absolute atomic E-state index is 0.0474. The molecule has 0 aliphatic heterocycles. The Labute approximate surface area is 108 Å². The molecule has 0 bridgehead atoms. The molecule has 0 radical (unpaired) electrons. The molecular weight excluding hydrogens is 260 g/mol. The van der Waals surface area contributed by atoms with Crippen LogP contribution in [-0.4, -0.2) is 30.0 Å². The predicted octanol–water partition coefficient (Wildman–Crippen LogP) is -0.581. The number of anilines is 1. The number of pyridine rings is 1. The van der Waals surface area contributed by atoms with Crippen molar-refractivity contribution >= 4 is 29.4 Å². The third-order valence-corrected chi connectivity index (χ3v) is 2.22. The fraction of sp³-hybridized carbons (Fsp3) is 0.222. The number of hydrogen-bond donors (Lipinski definition) is 5. The highest BCUT2D eigenvalue weighted by Crippen LogP contribution is 2.15. The van der Waals surface area contributed by atoms with Crippen LogP contribution in [0.1, 0.15) is 10.5 Å². The normalized spacial score (nSPS) is 9.67. The molecule has 0 aromatic carbocycles. The molecule has 0 spiro atoms. The molecule has 8 nitrogen and oxygen atoms in total. The van der Waals surface area contributed by atoms with Gasteiger partial charge in [0.2, 0.25) is 0 Å². The van der Waals surface area contributed by atoms with E-state index in [9.17, 15) is 9.59 Å². The number of carbonyl (C=O) groups excluding carboxylic acids is 2. The summed E-state index contributed by atoms with van der Waals surface area (Å²) < 4.78 is 0. The molecular formula is C9H13ClN6O2. The highest BCUT2D eigenvalue weighted by Gasteiger charge is 2.12. The summed E-state index contributed by atoms with van der Waals surface area (Å²) in [6, 6.07) is 2.38. The third kappa shape index (κ3) is 4.07. The fourth-order valence-corrected chi connectivity index (χ4v) is 1.32. The van der Waals surface area contributed by atoms with Gasteiger partial charge in [0.1, 0.15) is 11.5 Å². The highest BCUT2D eigenvalue weighted by atomic mass is 35.5. The number of aromatic nitrogens is 1. The molecule has 1 aromatic rings. The summed E-state index contributed by atoms with van der Waals surface area (Å²) in [6.07, 6.45) is 0. The second kappa shape index (κ2) is 6.62. The number of amides is 3. The Bertz CT molecular complexity index is 453. The standard InChI is InChI=1S/C9H13ClN6O2/c10-5-1-2-6(16-12)15-7(5)8(17)13-3-4-14-9(11)18/h1-2H,3-4,12H2,(H,13,17)(H,15,16)(H3,11,14,18). The van der Waals surface area contributed by atoms with Crippen molar-refractivity contribution in [3.8, 4) is 0 Å². The SMILES string of the molecule is NNc1ccc(Cl)c(C(=O)NCCNC(N)=O)n1. The second-order valence-corrected chi connectivity index (χ2v) is 3.63. The van der Waals surface area contributed by atoms with Gasteiger partial charge in [-0.1, -0.05) is 11.6 Å². The van der Waals surface area contributed by atoms with Crippen LogP contribution >= 0.6 is 11.6 Å². The van der Waals surface area contributed by atoms with Crippen LogP contribution in [0.4, 0.5) is 10.6 Å². The number of rotatable bonds is 5. The van der Waals surface area contributed by atoms with Gasteiger partial charge >= 0.3 is 6.03 Å². The van der Waals surface area contributed by atoms with E-state index in [0.717, 1.165) is 0 Å². The molecule has 0 saturated heterocycles. The number of halogens is 1. The van der Waals surface area contributed by atoms with Crippen molar-refractivity contribution in [2.24, 2.45) is 11.6 Å². The Morgan fingerprint density at radius 3 is 2.56 bits per heavy atom. The quantitative estimate of drug-likeness (QED) is 0.278. The summed E-state index contributed by atoms with van der Waals surface area (Å²) in [5, 5.41) is 5.05. The minimum atomic E-state index is -0.658. The number of hydrazine groups is 1. The van der Waals surface area contributed by atoms with Gasteiger partial charge in [-0.15, -0.1) is 0 Å². The zero-order chi connectivity index (χ0) is 13.5. The number of nitrogen functional groups attached to an aromatic ring is 1. The zero-order valence-electron chi connectivity index (χ0n) is 9.37. The van der Waals surface area contributed by atoms with Gasteiger partial charge in [0.05, 0.1) is 5.02 Å². The van der Waals surface area contributed by atoms with Gasteiger partial charge in [0.15, 0.2) is 0 Å². The molecule has 0 aliphatic rings. The summed E-state index contributed by atoms with van der Waals surface area (Å²) in [5.41, 5.74) is 7.22. The van der Waals surface area contributed by atoms with Gasteiger partial charge < -0.3 is 21.8 Å². The first-order chi connectivity index (χ1) is 8.54. The lowest BCUT2D eigenvalue weighted by Crippen LogP contribution is -2.37. The molecule has 0 aliphatic carbocycles. The Balaban J connectivity index is 2.58. The van der Waals surface area contributed by atoms with Gasteiger partial charge in [-0.05, 0) is 12.1 Å². The maximum absolute atomic E-state index is 11.7. The van der Waals surface area contributed by atoms with Gasteiger partial charge in [0, 0.05) is 13.1 Å². The average Bonchev–Trinajstić information content (AvgIpc) is 2.34. The van der Waals surface area contributed by atoms with Crippen molar-refractivity contribution in [2.75, 3.05) is 18.5 Å². The number of urea groups is 1. The lowest BCUT2D eigenvalue weighted by Gasteiger charge is -2.07. The molecule has 3 amide bonds. The Hall–Kier alpha value is -2.06. The smallest absolute Gasteiger partial charge is 0.312 e. The summed E-state index contributed by atoms with van der Waals surface area (Å²) in [7, 11) is 0. The largest absolute Gasteiger partial charge is 0.352 e. The molecule has 0 unspecified atom stereocenters. The van der Waals surface area contributed by atoms with Gasteiger partial charge in [0.25, 0.3) is 5.91 Å². The number of carbonyl (C=O) groups is 2. The summed E-state index contributed by atoms with van der Waals surface area (Å²) in [5.74, 6) is 5.03. The number of hydrogen-bond acceptors (Lipinski definition) is 5. The molecule has 98 valence electrons. The van der Waals surface area contributed by atoms with E-state index in [1.54, 1.807) is 0 Å². The topological polar surface area (TPSA) is 135 Å². The average molecular weight is 273 g/mol. The van der Waals surface area contributed by atoms with E-state index < -0.39 is 11.9 Å². The maximum atomic E-state index is 11.7. The molecule has 1 rings (SSSR count). The maximum Gasteiger partial charge on any atom is 0.312 e. The van der Waals surface area contributed by atoms with Crippen molar-refractivity contribution < 1.29 is 9.59 Å². The molecule has 1 aromatic heterocycles.